The maximum absolute atomic E-state index is 14.4. The van der Waals surface area contributed by atoms with E-state index in [2.05, 4.69) is 16.0 Å². The zero-order chi connectivity index (χ0) is 33.0. The smallest absolute Gasteiger partial charge is 0.402 e. The molecule has 3 aromatic carbocycles. The standard InChI is InChI=1S/C28H22Cl2F7N3O4/c1-27(2,28(35,36)37)26(43)38-11-13-3-5-17(29)15(9-13)24(41)39-14-4-8-20(44-12-21(32)33)16(10-14)25(42)40-19-7-6-18(31)22(30)23(19)34/h3-10,21H,11-12H2,1-2H3,(H,38,43)(H,39,41)(H,40,42). The molecule has 3 rings (SSSR count). The van der Waals surface area contributed by atoms with E-state index in [0.29, 0.717) is 13.8 Å². The Morgan fingerprint density at radius 3 is 2.18 bits per heavy atom. The van der Waals surface area contributed by atoms with Gasteiger partial charge in [0.1, 0.15) is 28.6 Å². The van der Waals surface area contributed by atoms with Crippen molar-refractivity contribution < 1.29 is 49.9 Å². The van der Waals surface area contributed by atoms with E-state index >= 15 is 0 Å². The molecular formula is C28H22Cl2F7N3O4. The highest BCUT2D eigenvalue weighted by Crippen LogP contribution is 2.37. The molecule has 16 heteroatoms. The lowest BCUT2D eigenvalue weighted by Gasteiger charge is -2.26. The first-order valence-electron chi connectivity index (χ1n) is 12.4. The summed E-state index contributed by atoms with van der Waals surface area (Å²) in [4.78, 5) is 38.1. The van der Waals surface area contributed by atoms with Crippen LogP contribution in [0.25, 0.3) is 0 Å². The molecule has 0 saturated heterocycles. The normalized spacial score (nSPS) is 11.7. The van der Waals surface area contributed by atoms with Crippen LogP contribution in [0.15, 0.2) is 48.5 Å². The minimum Gasteiger partial charge on any atom is -0.487 e. The van der Waals surface area contributed by atoms with Gasteiger partial charge in [-0.25, -0.2) is 17.6 Å². The first kappa shape index (κ1) is 34.5. The first-order valence-corrected chi connectivity index (χ1v) is 13.1. The van der Waals surface area contributed by atoms with Crippen LogP contribution in [0, 0.1) is 17.0 Å². The molecule has 0 radical (unpaired) electrons. The van der Waals surface area contributed by atoms with Crippen LogP contribution in [0.5, 0.6) is 5.75 Å². The summed E-state index contributed by atoms with van der Waals surface area (Å²) >= 11 is 11.7. The van der Waals surface area contributed by atoms with Crippen molar-refractivity contribution in [1.82, 2.24) is 5.32 Å². The minimum atomic E-state index is -4.81. The molecule has 0 unspecified atom stereocenters. The Balaban J connectivity index is 1.85. The molecule has 0 spiro atoms. The van der Waals surface area contributed by atoms with Crippen molar-refractivity contribution >= 4 is 52.3 Å². The number of carbonyl (C=O) groups is 3. The zero-order valence-electron chi connectivity index (χ0n) is 22.6. The molecule has 0 fully saturated rings. The number of alkyl halides is 5. The van der Waals surface area contributed by atoms with Crippen molar-refractivity contribution in [3.05, 3.63) is 86.9 Å². The van der Waals surface area contributed by atoms with Crippen LogP contribution < -0.4 is 20.7 Å². The molecule has 0 aliphatic heterocycles. The van der Waals surface area contributed by atoms with E-state index in [0.717, 1.165) is 24.3 Å². The van der Waals surface area contributed by atoms with Crippen molar-refractivity contribution in [1.29, 1.82) is 0 Å². The van der Waals surface area contributed by atoms with Crippen LogP contribution in [-0.4, -0.2) is 36.9 Å². The second-order valence-electron chi connectivity index (χ2n) is 9.66. The number of anilines is 2. The predicted molar refractivity (Wildman–Crippen MR) is 148 cm³/mol. The fourth-order valence-corrected chi connectivity index (χ4v) is 3.83. The Morgan fingerprint density at radius 2 is 1.55 bits per heavy atom. The lowest BCUT2D eigenvalue weighted by Crippen LogP contribution is -2.46. The van der Waals surface area contributed by atoms with Gasteiger partial charge in [-0.1, -0.05) is 29.3 Å². The molecule has 3 aromatic rings. The fourth-order valence-electron chi connectivity index (χ4n) is 3.46. The molecule has 0 aliphatic rings. The lowest BCUT2D eigenvalue weighted by atomic mass is 9.91. The van der Waals surface area contributed by atoms with Crippen LogP contribution in [0.3, 0.4) is 0 Å². The minimum absolute atomic E-state index is 0.0771. The first-order chi connectivity index (χ1) is 20.4. The molecule has 0 aliphatic carbocycles. The number of ether oxygens (including phenoxy) is 1. The summed E-state index contributed by atoms with van der Waals surface area (Å²) in [5.74, 6) is -6.01. The van der Waals surface area contributed by atoms with Crippen LogP contribution in [0.1, 0.15) is 40.1 Å². The van der Waals surface area contributed by atoms with Crippen molar-refractivity contribution in [2.45, 2.75) is 33.0 Å². The largest absolute Gasteiger partial charge is 0.487 e. The van der Waals surface area contributed by atoms with Gasteiger partial charge in [0.2, 0.25) is 5.91 Å². The van der Waals surface area contributed by atoms with E-state index in [1.54, 1.807) is 0 Å². The monoisotopic (exact) mass is 667 g/mol. The Kier molecular flexibility index (Phi) is 10.7. The Labute approximate surface area is 255 Å². The molecular weight excluding hydrogens is 646 g/mol. The molecule has 236 valence electrons. The summed E-state index contributed by atoms with van der Waals surface area (Å²) in [5, 5.41) is 5.73. The van der Waals surface area contributed by atoms with Gasteiger partial charge in [-0.2, -0.15) is 13.2 Å². The maximum atomic E-state index is 14.4. The lowest BCUT2D eigenvalue weighted by molar-refractivity contribution is -0.211. The average Bonchev–Trinajstić information content (AvgIpc) is 2.95. The van der Waals surface area contributed by atoms with Gasteiger partial charge in [0.05, 0.1) is 21.8 Å². The quantitative estimate of drug-likeness (QED) is 0.153. The molecule has 3 amide bonds. The fraction of sp³-hybridized carbons (Fsp3) is 0.250. The molecule has 0 bridgehead atoms. The molecule has 0 heterocycles. The third-order valence-corrected chi connectivity index (χ3v) is 6.81. The molecule has 0 aromatic heterocycles. The van der Waals surface area contributed by atoms with Gasteiger partial charge in [0.15, 0.2) is 5.82 Å². The average molecular weight is 668 g/mol. The number of hydrogen-bond acceptors (Lipinski definition) is 4. The van der Waals surface area contributed by atoms with Crippen LogP contribution in [0.4, 0.5) is 42.1 Å². The van der Waals surface area contributed by atoms with E-state index < -0.39 is 70.3 Å². The van der Waals surface area contributed by atoms with Crippen molar-refractivity contribution in [2.75, 3.05) is 17.2 Å². The van der Waals surface area contributed by atoms with Crippen molar-refractivity contribution in [3.8, 4) is 5.75 Å². The number of rotatable bonds is 10. The van der Waals surface area contributed by atoms with Crippen LogP contribution >= 0.6 is 23.2 Å². The third-order valence-electron chi connectivity index (χ3n) is 6.14. The Bertz CT molecular complexity index is 1580. The highest BCUT2D eigenvalue weighted by molar-refractivity contribution is 6.34. The second-order valence-corrected chi connectivity index (χ2v) is 10.4. The number of hydrogen-bond donors (Lipinski definition) is 3. The summed E-state index contributed by atoms with van der Waals surface area (Å²) in [7, 11) is 0. The predicted octanol–water partition coefficient (Wildman–Crippen LogP) is 7.62. The van der Waals surface area contributed by atoms with Gasteiger partial charge >= 0.3 is 6.18 Å². The topological polar surface area (TPSA) is 96.5 Å². The highest BCUT2D eigenvalue weighted by Gasteiger charge is 2.52. The Morgan fingerprint density at radius 1 is 0.886 bits per heavy atom. The molecule has 3 N–H and O–H groups in total. The van der Waals surface area contributed by atoms with E-state index in [1.165, 1.54) is 24.3 Å². The maximum Gasteiger partial charge on any atom is 0.402 e. The molecule has 44 heavy (non-hydrogen) atoms. The highest BCUT2D eigenvalue weighted by atomic mass is 35.5. The summed E-state index contributed by atoms with van der Waals surface area (Å²) < 4.78 is 97.8. The number of nitrogens with one attached hydrogen (secondary N) is 3. The SMILES string of the molecule is CC(C)(C(=O)NCc1ccc(Cl)c(C(=O)Nc2ccc(OCC(F)F)c(C(=O)Nc3ccc(F)c(Cl)c3F)c2)c1)C(F)(F)F. The van der Waals surface area contributed by atoms with Gasteiger partial charge in [-0.15, -0.1) is 0 Å². The van der Waals surface area contributed by atoms with E-state index in [1.807, 2.05) is 0 Å². The number of carbonyl (C=O) groups excluding carboxylic acids is 3. The van der Waals surface area contributed by atoms with Gasteiger partial charge < -0.3 is 20.7 Å². The summed E-state index contributed by atoms with van der Waals surface area (Å²) in [6.07, 6.45) is -7.73. The number of halogens is 9. The molecule has 7 nitrogen and oxygen atoms in total. The van der Waals surface area contributed by atoms with Crippen molar-refractivity contribution in [3.63, 3.8) is 0 Å². The van der Waals surface area contributed by atoms with Gasteiger partial charge in [0, 0.05) is 12.2 Å². The van der Waals surface area contributed by atoms with Crippen LogP contribution in [0.2, 0.25) is 10.0 Å². The summed E-state index contributed by atoms with van der Waals surface area (Å²) in [6, 6.07) is 8.82. The number of amides is 3. The van der Waals surface area contributed by atoms with E-state index in [4.69, 9.17) is 27.9 Å². The van der Waals surface area contributed by atoms with Gasteiger partial charge in [-0.05, 0) is 61.9 Å². The summed E-state index contributed by atoms with van der Waals surface area (Å²) in [6.45, 7) is -0.0541. The van der Waals surface area contributed by atoms with Gasteiger partial charge in [-0.3, -0.25) is 14.4 Å². The van der Waals surface area contributed by atoms with E-state index in [-0.39, 0.29) is 34.1 Å². The number of benzene rings is 3. The van der Waals surface area contributed by atoms with E-state index in [9.17, 15) is 45.1 Å². The van der Waals surface area contributed by atoms with Gasteiger partial charge in [0.25, 0.3) is 18.2 Å². The Hall–Kier alpha value is -4.04. The summed E-state index contributed by atoms with van der Waals surface area (Å²) in [5.41, 5.74) is -3.67. The van der Waals surface area contributed by atoms with Crippen LogP contribution in [-0.2, 0) is 11.3 Å². The molecule has 0 atom stereocenters. The third kappa shape index (κ3) is 8.11. The second kappa shape index (κ2) is 13.7. The molecule has 0 saturated carbocycles. The zero-order valence-corrected chi connectivity index (χ0v) is 24.2. The van der Waals surface area contributed by atoms with Crippen molar-refractivity contribution in [2.24, 2.45) is 5.41 Å².